The van der Waals surface area contributed by atoms with Crippen molar-refractivity contribution in [2.45, 2.75) is 6.18 Å². The van der Waals surface area contributed by atoms with E-state index in [9.17, 15) is 22.4 Å². The van der Waals surface area contributed by atoms with Gasteiger partial charge < -0.3 is 11.1 Å². The van der Waals surface area contributed by atoms with Gasteiger partial charge in [-0.25, -0.2) is 14.4 Å². The molecule has 0 saturated heterocycles. The number of benzene rings is 2. The summed E-state index contributed by atoms with van der Waals surface area (Å²) in [5.74, 6) is -1.72. The number of hydrogen-bond donors (Lipinski definition) is 4. The van der Waals surface area contributed by atoms with Crippen LogP contribution in [-0.2, 0) is 6.18 Å². The summed E-state index contributed by atoms with van der Waals surface area (Å²) in [5, 5.41) is 2.51. The quantitative estimate of drug-likeness (QED) is 0.380. The number of nitrogens with two attached hydrogens (primary N) is 1. The lowest BCUT2D eigenvalue weighted by atomic mass is 10.1. The molecule has 0 radical (unpaired) electrons. The minimum Gasteiger partial charge on any atom is -0.393 e. The van der Waals surface area contributed by atoms with Crippen molar-refractivity contribution in [3.8, 4) is 0 Å². The van der Waals surface area contributed by atoms with Gasteiger partial charge in [-0.05, 0) is 24.3 Å². The Morgan fingerprint density at radius 2 is 1.62 bits per heavy atom. The van der Waals surface area contributed by atoms with E-state index < -0.39 is 23.5 Å². The molecule has 0 fully saturated rings. The first-order valence-corrected chi connectivity index (χ1v) is 8.12. The molecular formula is C18H14F4N6O. The van der Waals surface area contributed by atoms with Gasteiger partial charge in [-0.1, -0.05) is 24.3 Å². The number of hydrazine groups is 1. The van der Waals surface area contributed by atoms with Crippen LogP contribution in [0.25, 0.3) is 0 Å². The molecule has 7 nitrogen and oxygen atoms in total. The lowest BCUT2D eigenvalue weighted by Gasteiger charge is -2.16. The number of nitrogens with one attached hydrogen (secondary N) is 3. The number of carbonyl (C=O) groups is 1. The molecule has 2 aromatic carbocycles. The average Bonchev–Trinajstić information content (AvgIpc) is 2.68. The molecule has 0 spiro atoms. The van der Waals surface area contributed by atoms with Crippen molar-refractivity contribution in [3.05, 3.63) is 71.8 Å². The van der Waals surface area contributed by atoms with Gasteiger partial charge in [0.1, 0.15) is 17.8 Å². The summed E-state index contributed by atoms with van der Waals surface area (Å²) in [6.07, 6.45) is -3.55. The van der Waals surface area contributed by atoms with Crippen LogP contribution in [0.2, 0.25) is 0 Å². The first-order valence-electron chi connectivity index (χ1n) is 8.12. The maximum absolute atomic E-state index is 13.6. The van der Waals surface area contributed by atoms with Crippen molar-refractivity contribution in [1.29, 1.82) is 0 Å². The molecule has 11 heteroatoms. The minimum atomic E-state index is -4.58. The molecule has 150 valence electrons. The summed E-state index contributed by atoms with van der Waals surface area (Å²) in [6, 6.07) is 10.1. The van der Waals surface area contributed by atoms with Crippen molar-refractivity contribution in [1.82, 2.24) is 15.4 Å². The highest BCUT2D eigenvalue weighted by Crippen LogP contribution is 2.36. The summed E-state index contributed by atoms with van der Waals surface area (Å²) in [7, 11) is 0. The smallest absolute Gasteiger partial charge is 0.393 e. The number of amides is 1. The molecule has 5 N–H and O–H groups in total. The Morgan fingerprint density at radius 3 is 2.34 bits per heavy atom. The van der Waals surface area contributed by atoms with E-state index >= 15 is 0 Å². The van der Waals surface area contributed by atoms with E-state index in [1.54, 1.807) is 0 Å². The number of alkyl halides is 3. The van der Waals surface area contributed by atoms with Gasteiger partial charge in [0, 0.05) is 0 Å². The van der Waals surface area contributed by atoms with Crippen LogP contribution < -0.4 is 21.9 Å². The molecule has 1 heterocycles. The fourth-order valence-electron chi connectivity index (χ4n) is 2.39. The number of aromatic nitrogens is 2. The second-order valence-electron chi connectivity index (χ2n) is 5.71. The van der Waals surface area contributed by atoms with Gasteiger partial charge in [-0.2, -0.15) is 13.2 Å². The van der Waals surface area contributed by atoms with Crippen molar-refractivity contribution in [2.24, 2.45) is 0 Å². The number of nitrogens with zero attached hydrogens (tertiary/aromatic N) is 2. The van der Waals surface area contributed by atoms with E-state index in [1.807, 2.05) is 0 Å². The Bertz CT molecular complexity index is 1040. The van der Waals surface area contributed by atoms with Gasteiger partial charge in [0.05, 0.1) is 16.8 Å². The third-order valence-electron chi connectivity index (χ3n) is 3.78. The lowest BCUT2D eigenvalue weighted by Crippen LogP contribution is -2.31. The summed E-state index contributed by atoms with van der Waals surface area (Å²) in [5.41, 5.74) is 8.98. The zero-order valence-corrected chi connectivity index (χ0v) is 14.6. The largest absolute Gasteiger partial charge is 0.418 e. The first kappa shape index (κ1) is 19.9. The summed E-state index contributed by atoms with van der Waals surface area (Å²) in [4.78, 5) is 19.7. The van der Waals surface area contributed by atoms with Crippen LogP contribution in [0.3, 0.4) is 0 Å². The Labute approximate surface area is 161 Å². The number of para-hydroxylation sites is 1. The topological polar surface area (TPSA) is 105 Å². The maximum atomic E-state index is 13.6. The van der Waals surface area contributed by atoms with Crippen LogP contribution in [-0.4, -0.2) is 15.9 Å². The lowest BCUT2D eigenvalue weighted by molar-refractivity contribution is -0.136. The Kier molecular flexibility index (Phi) is 5.48. The third-order valence-corrected chi connectivity index (χ3v) is 3.78. The molecule has 0 aliphatic carbocycles. The van der Waals surface area contributed by atoms with Gasteiger partial charge in [0.2, 0.25) is 0 Å². The zero-order valence-electron chi connectivity index (χ0n) is 14.6. The fraction of sp³-hybridized carbons (Fsp3) is 0.0556. The van der Waals surface area contributed by atoms with Crippen LogP contribution >= 0.6 is 0 Å². The Hall–Kier alpha value is -3.89. The highest BCUT2D eigenvalue weighted by atomic mass is 19.4. The van der Waals surface area contributed by atoms with Gasteiger partial charge in [-0.15, -0.1) is 0 Å². The van der Waals surface area contributed by atoms with Crippen LogP contribution in [0.5, 0.6) is 0 Å². The van der Waals surface area contributed by atoms with E-state index in [2.05, 4.69) is 26.1 Å². The van der Waals surface area contributed by atoms with E-state index in [0.717, 1.165) is 18.5 Å². The minimum absolute atomic E-state index is 0.0864. The summed E-state index contributed by atoms with van der Waals surface area (Å²) < 4.78 is 53.1. The van der Waals surface area contributed by atoms with E-state index in [0.29, 0.717) is 0 Å². The standard InChI is InChI=1S/C18H14F4N6O/c19-12-7-3-1-5-10(12)17(29)28-27-16-14(23)15(24-9-25-16)26-13-8-4-2-6-11(13)18(20,21)22/h1-9H,23H2,(H,28,29)(H2,24,25,26,27). The van der Waals surface area contributed by atoms with Gasteiger partial charge in [0.15, 0.2) is 11.6 Å². The SMILES string of the molecule is Nc1c(NNC(=O)c2ccccc2F)ncnc1Nc1ccccc1C(F)(F)F. The van der Waals surface area contributed by atoms with Gasteiger partial charge in [0.25, 0.3) is 5.91 Å². The van der Waals surface area contributed by atoms with Crippen molar-refractivity contribution < 1.29 is 22.4 Å². The number of hydrogen-bond acceptors (Lipinski definition) is 6. The molecule has 0 aliphatic heterocycles. The second-order valence-corrected chi connectivity index (χ2v) is 5.71. The molecule has 0 unspecified atom stereocenters. The van der Waals surface area contributed by atoms with Crippen LogP contribution in [0.15, 0.2) is 54.9 Å². The average molecular weight is 406 g/mol. The summed E-state index contributed by atoms with van der Waals surface area (Å²) in [6.45, 7) is 0. The number of nitrogen functional groups attached to an aromatic ring is 1. The molecule has 0 atom stereocenters. The highest BCUT2D eigenvalue weighted by Gasteiger charge is 2.33. The number of anilines is 4. The van der Waals surface area contributed by atoms with Gasteiger partial charge in [-0.3, -0.25) is 15.6 Å². The number of carbonyl (C=O) groups excluding carboxylic acids is 1. The van der Waals surface area contributed by atoms with Crippen molar-refractivity contribution in [2.75, 3.05) is 16.5 Å². The predicted molar refractivity (Wildman–Crippen MR) is 98.7 cm³/mol. The van der Waals surface area contributed by atoms with Gasteiger partial charge >= 0.3 is 6.18 Å². The molecule has 1 amide bonds. The Balaban J connectivity index is 1.79. The predicted octanol–water partition coefficient (Wildman–Crippen LogP) is 3.72. The van der Waals surface area contributed by atoms with Crippen LogP contribution in [0, 0.1) is 5.82 Å². The molecule has 1 aromatic heterocycles. The maximum Gasteiger partial charge on any atom is 0.418 e. The zero-order chi connectivity index (χ0) is 21.0. The molecule has 3 rings (SSSR count). The molecule has 29 heavy (non-hydrogen) atoms. The molecule has 3 aromatic rings. The van der Waals surface area contributed by atoms with E-state index in [4.69, 9.17) is 5.73 Å². The van der Waals surface area contributed by atoms with Crippen LogP contribution in [0.4, 0.5) is 40.6 Å². The summed E-state index contributed by atoms with van der Waals surface area (Å²) >= 11 is 0. The fourth-order valence-corrected chi connectivity index (χ4v) is 2.39. The van der Waals surface area contributed by atoms with Crippen LogP contribution in [0.1, 0.15) is 15.9 Å². The first-order chi connectivity index (χ1) is 13.8. The van der Waals surface area contributed by atoms with Crippen molar-refractivity contribution in [3.63, 3.8) is 0 Å². The molecule has 0 aliphatic rings. The molecular weight excluding hydrogens is 392 g/mol. The molecule has 0 saturated carbocycles. The van der Waals surface area contributed by atoms with E-state index in [-0.39, 0.29) is 28.6 Å². The third kappa shape index (κ3) is 4.51. The highest BCUT2D eigenvalue weighted by molar-refractivity contribution is 5.95. The second kappa shape index (κ2) is 8.00. The number of halogens is 4. The Morgan fingerprint density at radius 1 is 0.966 bits per heavy atom. The monoisotopic (exact) mass is 406 g/mol. The number of rotatable bonds is 5. The normalized spacial score (nSPS) is 11.0. The van der Waals surface area contributed by atoms with E-state index in [1.165, 1.54) is 36.4 Å². The molecule has 0 bridgehead atoms. The van der Waals surface area contributed by atoms with Crippen molar-refractivity contribution >= 4 is 28.9 Å².